The fourth-order valence-electron chi connectivity index (χ4n) is 1.82. The highest BCUT2D eigenvalue weighted by Crippen LogP contribution is 2.26. The van der Waals surface area contributed by atoms with Gasteiger partial charge in [0.25, 0.3) is 0 Å². The van der Waals surface area contributed by atoms with Crippen LogP contribution in [0.4, 0.5) is 0 Å². The van der Waals surface area contributed by atoms with E-state index in [0.717, 1.165) is 6.42 Å². The largest absolute Gasteiger partial charge is 0.350 e. The third-order valence-corrected chi connectivity index (χ3v) is 1.85. The van der Waals surface area contributed by atoms with Gasteiger partial charge in [0, 0.05) is 5.54 Å². The molecule has 0 aliphatic rings. The second-order valence-corrected chi connectivity index (χ2v) is 5.90. The van der Waals surface area contributed by atoms with Crippen LogP contribution in [0.3, 0.4) is 0 Å². The lowest BCUT2D eigenvalue weighted by Crippen LogP contribution is -2.50. The summed E-state index contributed by atoms with van der Waals surface area (Å²) in [5.41, 5.74) is 5.51. The summed E-state index contributed by atoms with van der Waals surface area (Å²) in [7, 11) is 0. The average molecular weight is 237 g/mol. The van der Waals surface area contributed by atoms with E-state index in [0.29, 0.717) is 0 Å². The molecule has 1 amide bonds. The Balaban J connectivity index is 0. The summed E-state index contributed by atoms with van der Waals surface area (Å²) >= 11 is 0. The molecule has 4 heteroatoms. The van der Waals surface area contributed by atoms with E-state index in [1.807, 2.05) is 13.8 Å². The van der Waals surface area contributed by atoms with Crippen molar-refractivity contribution in [1.29, 1.82) is 0 Å². The van der Waals surface area contributed by atoms with Crippen molar-refractivity contribution in [3.63, 3.8) is 0 Å². The zero-order chi connectivity index (χ0) is 11.6. The Hall–Kier alpha value is -0.280. The van der Waals surface area contributed by atoms with E-state index in [-0.39, 0.29) is 29.3 Å². The molecule has 0 aromatic heterocycles. The zero-order valence-electron chi connectivity index (χ0n) is 10.7. The van der Waals surface area contributed by atoms with E-state index in [1.54, 1.807) is 6.92 Å². The summed E-state index contributed by atoms with van der Waals surface area (Å²) in [6.45, 7) is 12.2. The minimum Gasteiger partial charge on any atom is -0.350 e. The van der Waals surface area contributed by atoms with Crippen molar-refractivity contribution in [2.45, 2.75) is 59.5 Å². The van der Waals surface area contributed by atoms with Gasteiger partial charge in [0.1, 0.15) is 0 Å². The predicted molar refractivity (Wildman–Crippen MR) is 67.2 cm³/mol. The van der Waals surface area contributed by atoms with Gasteiger partial charge in [-0.3, -0.25) is 4.79 Å². The summed E-state index contributed by atoms with van der Waals surface area (Å²) in [4.78, 5) is 11.4. The maximum absolute atomic E-state index is 11.4. The van der Waals surface area contributed by atoms with Crippen LogP contribution in [0, 0.1) is 5.41 Å². The monoisotopic (exact) mass is 236 g/mol. The Bertz CT molecular complexity index is 207. The molecule has 0 aromatic rings. The molecule has 3 nitrogen and oxygen atoms in total. The van der Waals surface area contributed by atoms with E-state index in [9.17, 15) is 4.79 Å². The lowest BCUT2D eigenvalue weighted by Gasteiger charge is -2.33. The van der Waals surface area contributed by atoms with Crippen molar-refractivity contribution in [1.82, 2.24) is 5.32 Å². The highest BCUT2D eigenvalue weighted by atomic mass is 35.5. The van der Waals surface area contributed by atoms with E-state index < -0.39 is 6.04 Å². The summed E-state index contributed by atoms with van der Waals surface area (Å²) in [6, 6.07) is -0.436. The Kier molecular flexibility index (Phi) is 6.52. The quantitative estimate of drug-likeness (QED) is 0.789. The van der Waals surface area contributed by atoms with Crippen molar-refractivity contribution in [2.75, 3.05) is 0 Å². The third kappa shape index (κ3) is 8.70. The second kappa shape index (κ2) is 5.71. The van der Waals surface area contributed by atoms with Crippen molar-refractivity contribution < 1.29 is 4.79 Å². The molecule has 0 rings (SSSR count). The van der Waals surface area contributed by atoms with Crippen molar-refractivity contribution in [3.05, 3.63) is 0 Å². The molecule has 0 spiro atoms. The molecule has 0 fully saturated rings. The number of hydrogen-bond donors (Lipinski definition) is 2. The first-order chi connectivity index (χ1) is 6.03. The van der Waals surface area contributed by atoms with Crippen molar-refractivity contribution in [2.24, 2.45) is 11.1 Å². The van der Waals surface area contributed by atoms with E-state index in [4.69, 9.17) is 5.73 Å². The Morgan fingerprint density at radius 2 is 1.67 bits per heavy atom. The van der Waals surface area contributed by atoms with Gasteiger partial charge in [-0.15, -0.1) is 12.4 Å². The molecule has 15 heavy (non-hydrogen) atoms. The molecule has 92 valence electrons. The van der Waals surface area contributed by atoms with Crippen LogP contribution in [0.1, 0.15) is 48.0 Å². The van der Waals surface area contributed by atoms with Crippen LogP contribution >= 0.6 is 12.4 Å². The topological polar surface area (TPSA) is 55.1 Å². The minimum atomic E-state index is -0.436. The standard InChI is InChI=1S/C11H24N2O.ClH/c1-8(12)9(14)13-11(5,6)7-10(2,3)4;/h8H,7,12H2,1-6H3,(H,13,14);1H. The zero-order valence-corrected chi connectivity index (χ0v) is 11.5. The number of carbonyl (C=O) groups is 1. The van der Waals surface area contributed by atoms with Gasteiger partial charge in [-0.25, -0.2) is 0 Å². The first-order valence-corrected chi connectivity index (χ1v) is 5.11. The molecule has 3 N–H and O–H groups in total. The van der Waals surface area contributed by atoms with Gasteiger partial charge in [-0.05, 0) is 32.6 Å². The molecule has 0 radical (unpaired) electrons. The molecule has 1 unspecified atom stereocenters. The molecule has 0 aliphatic carbocycles. The highest BCUT2D eigenvalue weighted by molar-refractivity contribution is 5.85. The molecular weight excluding hydrogens is 212 g/mol. The lowest BCUT2D eigenvalue weighted by atomic mass is 9.81. The van der Waals surface area contributed by atoms with Crippen molar-refractivity contribution >= 4 is 18.3 Å². The normalized spacial score (nSPS) is 14.1. The summed E-state index contributed by atoms with van der Waals surface area (Å²) in [6.07, 6.45) is 0.929. The third-order valence-electron chi connectivity index (χ3n) is 1.85. The summed E-state index contributed by atoms with van der Waals surface area (Å²) in [5.74, 6) is -0.0840. The highest BCUT2D eigenvalue weighted by Gasteiger charge is 2.27. The number of hydrogen-bond acceptors (Lipinski definition) is 2. The molecule has 0 saturated carbocycles. The van der Waals surface area contributed by atoms with Crippen LogP contribution in [0.15, 0.2) is 0 Å². The van der Waals surface area contributed by atoms with Gasteiger partial charge in [-0.2, -0.15) is 0 Å². The first-order valence-electron chi connectivity index (χ1n) is 5.11. The average Bonchev–Trinajstić information content (AvgIpc) is 1.78. The molecule has 0 aromatic carbocycles. The van der Waals surface area contributed by atoms with E-state index >= 15 is 0 Å². The maximum atomic E-state index is 11.4. The maximum Gasteiger partial charge on any atom is 0.237 e. The van der Waals surface area contributed by atoms with Crippen LogP contribution in [-0.2, 0) is 4.79 Å². The number of nitrogens with one attached hydrogen (secondary N) is 1. The van der Waals surface area contributed by atoms with Crippen molar-refractivity contribution in [3.8, 4) is 0 Å². The fraction of sp³-hybridized carbons (Fsp3) is 0.909. The van der Waals surface area contributed by atoms with Crippen LogP contribution < -0.4 is 11.1 Å². The Morgan fingerprint density at radius 3 is 1.93 bits per heavy atom. The van der Waals surface area contributed by atoms with E-state index in [2.05, 4.69) is 26.1 Å². The smallest absolute Gasteiger partial charge is 0.237 e. The number of carbonyl (C=O) groups excluding carboxylic acids is 1. The molecule has 0 heterocycles. The predicted octanol–water partition coefficient (Wildman–Crippen LogP) is 2.09. The number of halogens is 1. The van der Waals surface area contributed by atoms with Crippen LogP contribution in [0.25, 0.3) is 0 Å². The molecule has 0 saturated heterocycles. The first kappa shape index (κ1) is 17.1. The van der Waals surface area contributed by atoms with Gasteiger partial charge in [-0.1, -0.05) is 20.8 Å². The second-order valence-electron chi connectivity index (χ2n) is 5.90. The SMILES string of the molecule is CC(N)C(=O)NC(C)(C)CC(C)(C)C.Cl. The lowest BCUT2D eigenvalue weighted by molar-refractivity contribution is -0.123. The Morgan fingerprint density at radius 1 is 1.27 bits per heavy atom. The fourth-order valence-corrected chi connectivity index (χ4v) is 1.82. The van der Waals surface area contributed by atoms with Gasteiger partial charge in [0.2, 0.25) is 5.91 Å². The molecule has 0 bridgehead atoms. The summed E-state index contributed by atoms with van der Waals surface area (Å²) in [5, 5.41) is 2.95. The van der Waals surface area contributed by atoms with Gasteiger partial charge in [0.15, 0.2) is 0 Å². The molecule has 0 aliphatic heterocycles. The summed E-state index contributed by atoms with van der Waals surface area (Å²) < 4.78 is 0. The van der Waals surface area contributed by atoms with Gasteiger partial charge < -0.3 is 11.1 Å². The van der Waals surface area contributed by atoms with Gasteiger partial charge >= 0.3 is 0 Å². The minimum absolute atomic E-state index is 0. The number of amides is 1. The van der Waals surface area contributed by atoms with Crippen LogP contribution in [0.2, 0.25) is 0 Å². The van der Waals surface area contributed by atoms with Gasteiger partial charge in [0.05, 0.1) is 6.04 Å². The van der Waals surface area contributed by atoms with E-state index in [1.165, 1.54) is 0 Å². The number of rotatable bonds is 3. The van der Waals surface area contributed by atoms with Crippen LogP contribution in [-0.4, -0.2) is 17.5 Å². The molecule has 1 atom stereocenters. The molecular formula is C11H25ClN2O. The Labute approximate surface area is 99.6 Å². The number of nitrogens with two attached hydrogens (primary N) is 1. The van der Waals surface area contributed by atoms with Crippen LogP contribution in [0.5, 0.6) is 0 Å².